The van der Waals surface area contributed by atoms with Gasteiger partial charge in [0.1, 0.15) is 6.04 Å². The van der Waals surface area contributed by atoms with Crippen molar-refractivity contribution in [1.82, 2.24) is 0 Å². The van der Waals surface area contributed by atoms with E-state index in [0.29, 0.717) is 5.75 Å². The van der Waals surface area contributed by atoms with Crippen LogP contribution in [0.3, 0.4) is 0 Å². The van der Waals surface area contributed by atoms with Gasteiger partial charge in [-0.2, -0.15) is 23.1 Å². The maximum absolute atomic E-state index is 10.4. The first-order valence-electron chi connectivity index (χ1n) is 3.77. The molecule has 0 aliphatic heterocycles. The first-order chi connectivity index (χ1) is 6.20. The molecule has 1 heterocycles. The minimum absolute atomic E-state index is 0.463. The molecule has 1 aromatic heterocycles. The number of thiophene rings is 1. The third-order valence-corrected chi connectivity index (χ3v) is 3.33. The van der Waals surface area contributed by atoms with Crippen LogP contribution < -0.4 is 5.73 Å². The van der Waals surface area contributed by atoms with E-state index in [1.807, 2.05) is 11.4 Å². The zero-order chi connectivity index (χ0) is 9.68. The molecule has 0 amide bonds. The van der Waals surface area contributed by atoms with E-state index in [9.17, 15) is 4.79 Å². The largest absolute Gasteiger partial charge is 0.480 e. The summed E-state index contributed by atoms with van der Waals surface area (Å²) < 4.78 is 0. The lowest BCUT2D eigenvalue weighted by atomic mass is 10.4. The molecule has 0 saturated carbocycles. The van der Waals surface area contributed by atoms with Gasteiger partial charge in [-0.25, -0.2) is 0 Å². The van der Waals surface area contributed by atoms with Gasteiger partial charge in [-0.15, -0.1) is 0 Å². The Morgan fingerprint density at radius 1 is 1.77 bits per heavy atom. The number of hydrogen-bond acceptors (Lipinski definition) is 4. The lowest BCUT2D eigenvalue weighted by molar-refractivity contribution is -0.137. The van der Waals surface area contributed by atoms with E-state index in [0.717, 1.165) is 5.75 Å². The molecule has 1 atom stereocenters. The lowest BCUT2D eigenvalue weighted by Crippen LogP contribution is -2.32. The molecule has 1 rings (SSSR count). The Labute approximate surface area is 85.0 Å². The van der Waals surface area contributed by atoms with Crippen LogP contribution >= 0.6 is 23.1 Å². The Bertz CT molecular complexity index is 261. The summed E-state index contributed by atoms with van der Waals surface area (Å²) in [6.45, 7) is 0. The quantitative estimate of drug-likeness (QED) is 0.782. The minimum atomic E-state index is -0.933. The van der Waals surface area contributed by atoms with Gasteiger partial charge in [-0.1, -0.05) is 0 Å². The van der Waals surface area contributed by atoms with Crippen molar-refractivity contribution in [2.45, 2.75) is 11.8 Å². The molecular weight excluding hydrogens is 206 g/mol. The number of carbonyl (C=O) groups is 1. The minimum Gasteiger partial charge on any atom is -0.480 e. The topological polar surface area (TPSA) is 63.3 Å². The fraction of sp³-hybridized carbons (Fsp3) is 0.375. The molecule has 0 aliphatic carbocycles. The third-order valence-electron chi connectivity index (χ3n) is 1.46. The van der Waals surface area contributed by atoms with E-state index in [1.54, 1.807) is 23.1 Å². The predicted octanol–water partition coefficient (Wildman–Crippen LogP) is 1.39. The Balaban J connectivity index is 2.18. The summed E-state index contributed by atoms with van der Waals surface area (Å²) in [5.41, 5.74) is 6.57. The zero-order valence-electron chi connectivity index (χ0n) is 6.97. The molecule has 13 heavy (non-hydrogen) atoms. The standard InChI is InChI=1S/C8H11NO2S2/c9-7(8(10)11)5-13-4-6-1-2-12-3-6/h1-3,7H,4-5,9H2,(H,10,11)/t7-/m1/s1. The van der Waals surface area contributed by atoms with Gasteiger partial charge in [0, 0.05) is 11.5 Å². The number of rotatable bonds is 5. The van der Waals surface area contributed by atoms with Gasteiger partial charge < -0.3 is 10.8 Å². The van der Waals surface area contributed by atoms with Crippen LogP contribution in [0.15, 0.2) is 16.8 Å². The maximum Gasteiger partial charge on any atom is 0.321 e. The number of hydrogen-bond donors (Lipinski definition) is 2. The van der Waals surface area contributed by atoms with Gasteiger partial charge in [-0.05, 0) is 22.4 Å². The molecule has 0 spiro atoms. The molecule has 0 saturated heterocycles. The highest BCUT2D eigenvalue weighted by molar-refractivity contribution is 7.98. The Kier molecular flexibility index (Phi) is 4.27. The van der Waals surface area contributed by atoms with Crippen LogP contribution in [0, 0.1) is 0 Å². The van der Waals surface area contributed by atoms with Gasteiger partial charge in [-0.3, -0.25) is 4.79 Å². The molecular formula is C8H11NO2S2. The Hall–Kier alpha value is -0.520. The number of nitrogens with two attached hydrogens (primary N) is 1. The molecule has 0 aliphatic rings. The van der Waals surface area contributed by atoms with Crippen LogP contribution in [0.25, 0.3) is 0 Å². The molecule has 0 radical (unpaired) electrons. The second kappa shape index (κ2) is 5.26. The van der Waals surface area contributed by atoms with Crippen LogP contribution in [0.2, 0.25) is 0 Å². The molecule has 0 aromatic carbocycles. The van der Waals surface area contributed by atoms with Crippen molar-refractivity contribution in [3.05, 3.63) is 22.4 Å². The van der Waals surface area contributed by atoms with Gasteiger partial charge >= 0.3 is 5.97 Å². The van der Waals surface area contributed by atoms with Crippen molar-refractivity contribution in [3.63, 3.8) is 0 Å². The molecule has 72 valence electrons. The summed E-state index contributed by atoms with van der Waals surface area (Å²) in [6.07, 6.45) is 0. The molecule has 0 bridgehead atoms. The second-order valence-corrected chi connectivity index (χ2v) is 4.40. The van der Waals surface area contributed by atoms with Crippen LogP contribution in [0.5, 0.6) is 0 Å². The van der Waals surface area contributed by atoms with E-state index in [1.165, 1.54) is 5.56 Å². The van der Waals surface area contributed by atoms with E-state index >= 15 is 0 Å². The summed E-state index contributed by atoms with van der Waals surface area (Å²) in [5.74, 6) is 0.369. The summed E-state index contributed by atoms with van der Waals surface area (Å²) in [6, 6.07) is 1.29. The molecule has 5 heteroatoms. The van der Waals surface area contributed by atoms with Crippen molar-refractivity contribution >= 4 is 29.1 Å². The number of carboxylic acid groups (broad SMARTS) is 1. The summed E-state index contributed by atoms with van der Waals surface area (Å²) in [4.78, 5) is 10.4. The number of carboxylic acids is 1. The van der Waals surface area contributed by atoms with Gasteiger partial charge in [0.05, 0.1) is 0 Å². The van der Waals surface area contributed by atoms with E-state index in [4.69, 9.17) is 10.8 Å². The first kappa shape index (κ1) is 10.6. The monoisotopic (exact) mass is 217 g/mol. The SMILES string of the molecule is N[C@H](CSCc1ccsc1)C(=O)O. The maximum atomic E-state index is 10.4. The van der Waals surface area contributed by atoms with E-state index in [-0.39, 0.29) is 0 Å². The number of aliphatic carboxylic acids is 1. The van der Waals surface area contributed by atoms with Crippen molar-refractivity contribution in [1.29, 1.82) is 0 Å². The van der Waals surface area contributed by atoms with Crippen LogP contribution in [-0.2, 0) is 10.5 Å². The van der Waals surface area contributed by atoms with Crippen molar-refractivity contribution in [2.75, 3.05) is 5.75 Å². The average molecular weight is 217 g/mol. The van der Waals surface area contributed by atoms with Crippen molar-refractivity contribution < 1.29 is 9.90 Å². The Morgan fingerprint density at radius 3 is 3.08 bits per heavy atom. The predicted molar refractivity (Wildman–Crippen MR) is 56.1 cm³/mol. The van der Waals surface area contributed by atoms with Crippen molar-refractivity contribution in [3.8, 4) is 0 Å². The molecule has 0 unspecified atom stereocenters. The highest BCUT2D eigenvalue weighted by Crippen LogP contribution is 2.15. The summed E-state index contributed by atoms with van der Waals surface area (Å²) >= 11 is 3.19. The normalized spacial score (nSPS) is 12.7. The molecule has 1 aromatic rings. The molecule has 3 nitrogen and oxygen atoms in total. The van der Waals surface area contributed by atoms with Crippen molar-refractivity contribution in [2.24, 2.45) is 5.73 Å². The van der Waals surface area contributed by atoms with Gasteiger partial charge in [0.15, 0.2) is 0 Å². The molecule has 3 N–H and O–H groups in total. The number of thioether (sulfide) groups is 1. The first-order valence-corrected chi connectivity index (χ1v) is 5.87. The van der Waals surface area contributed by atoms with Gasteiger partial charge in [0.2, 0.25) is 0 Å². The van der Waals surface area contributed by atoms with E-state index < -0.39 is 12.0 Å². The highest BCUT2D eigenvalue weighted by Gasteiger charge is 2.10. The average Bonchev–Trinajstić information content (AvgIpc) is 2.56. The second-order valence-electron chi connectivity index (χ2n) is 2.59. The zero-order valence-corrected chi connectivity index (χ0v) is 8.61. The lowest BCUT2D eigenvalue weighted by Gasteiger charge is -2.04. The molecule has 0 fully saturated rings. The third kappa shape index (κ3) is 3.80. The van der Waals surface area contributed by atoms with Gasteiger partial charge in [0.25, 0.3) is 0 Å². The fourth-order valence-corrected chi connectivity index (χ4v) is 2.45. The van der Waals surface area contributed by atoms with E-state index in [2.05, 4.69) is 5.38 Å². The Morgan fingerprint density at radius 2 is 2.54 bits per heavy atom. The summed E-state index contributed by atoms with van der Waals surface area (Å²) in [5, 5.41) is 12.6. The smallest absolute Gasteiger partial charge is 0.321 e. The van der Waals surface area contributed by atoms with Crippen LogP contribution in [0.4, 0.5) is 0 Å². The highest BCUT2D eigenvalue weighted by atomic mass is 32.2. The fourth-order valence-electron chi connectivity index (χ4n) is 0.750. The summed E-state index contributed by atoms with van der Waals surface area (Å²) in [7, 11) is 0. The van der Waals surface area contributed by atoms with Crippen LogP contribution in [0.1, 0.15) is 5.56 Å². The van der Waals surface area contributed by atoms with Crippen LogP contribution in [-0.4, -0.2) is 22.9 Å².